The molecular weight excluding hydrogens is 425 g/mol. The first-order chi connectivity index (χ1) is 10.1. The minimum absolute atomic E-state index is 0.201. The molecule has 0 aliphatic heterocycles. The molecule has 0 amide bonds. The van der Waals surface area contributed by atoms with E-state index in [2.05, 4.69) is 4.74 Å². The minimum Gasteiger partial charge on any atom is -0.405 e. The van der Waals surface area contributed by atoms with E-state index in [-0.39, 0.29) is 9.32 Å². The van der Waals surface area contributed by atoms with E-state index < -0.39 is 18.1 Å². The van der Waals surface area contributed by atoms with Crippen molar-refractivity contribution in [3.8, 4) is 16.9 Å². The monoisotopic (exact) mass is 432 g/mol. The Kier molecular flexibility index (Phi) is 4.59. The van der Waals surface area contributed by atoms with E-state index in [1.807, 2.05) is 0 Å². The lowest BCUT2D eigenvalue weighted by atomic mass is 10.0. The molecule has 8 heteroatoms. The fraction of sp³-hybridized carbons (Fsp3) is 0.143. The van der Waals surface area contributed by atoms with Crippen molar-refractivity contribution in [1.82, 2.24) is 0 Å². The smallest absolute Gasteiger partial charge is 0.405 e. The highest BCUT2D eigenvalue weighted by molar-refractivity contribution is 14.1. The minimum atomic E-state index is -4.80. The van der Waals surface area contributed by atoms with Crippen molar-refractivity contribution >= 4 is 22.6 Å². The number of halogens is 7. The van der Waals surface area contributed by atoms with Crippen LogP contribution in [0, 0.1) is 3.57 Å². The molecule has 0 N–H and O–H groups in total. The summed E-state index contributed by atoms with van der Waals surface area (Å²) in [6, 6.07) is 8.25. The second-order valence-electron chi connectivity index (χ2n) is 4.27. The summed E-state index contributed by atoms with van der Waals surface area (Å²) in [4.78, 5) is 0. The van der Waals surface area contributed by atoms with Crippen LogP contribution < -0.4 is 4.74 Å². The second-order valence-corrected chi connectivity index (χ2v) is 5.43. The van der Waals surface area contributed by atoms with Gasteiger partial charge in [-0.15, -0.1) is 13.2 Å². The fourth-order valence-electron chi connectivity index (χ4n) is 1.74. The van der Waals surface area contributed by atoms with Gasteiger partial charge in [-0.2, -0.15) is 13.2 Å². The van der Waals surface area contributed by atoms with Gasteiger partial charge in [0, 0.05) is 0 Å². The molecule has 0 fully saturated rings. The molecule has 0 saturated carbocycles. The second kappa shape index (κ2) is 5.98. The van der Waals surface area contributed by atoms with Crippen molar-refractivity contribution in [3.63, 3.8) is 0 Å². The maximum atomic E-state index is 12.5. The van der Waals surface area contributed by atoms with Crippen LogP contribution in [0.3, 0.4) is 0 Å². The highest BCUT2D eigenvalue weighted by Crippen LogP contribution is 2.33. The zero-order valence-corrected chi connectivity index (χ0v) is 12.8. The summed E-state index contributed by atoms with van der Waals surface area (Å²) < 4.78 is 78.0. The molecule has 0 atom stereocenters. The average molecular weight is 432 g/mol. The Morgan fingerprint density at radius 1 is 0.773 bits per heavy atom. The molecule has 22 heavy (non-hydrogen) atoms. The van der Waals surface area contributed by atoms with Gasteiger partial charge in [-0.3, -0.25) is 0 Å². The van der Waals surface area contributed by atoms with Gasteiger partial charge in [-0.1, -0.05) is 18.2 Å². The van der Waals surface area contributed by atoms with Crippen LogP contribution in [0.4, 0.5) is 26.3 Å². The van der Waals surface area contributed by atoms with Gasteiger partial charge < -0.3 is 4.74 Å². The third-order valence-corrected chi connectivity index (χ3v) is 3.55. The van der Waals surface area contributed by atoms with Crippen LogP contribution in [0.2, 0.25) is 0 Å². The molecule has 118 valence electrons. The van der Waals surface area contributed by atoms with Crippen LogP contribution in [-0.4, -0.2) is 6.36 Å². The van der Waals surface area contributed by atoms with Crippen LogP contribution in [0.25, 0.3) is 11.1 Å². The lowest BCUT2D eigenvalue weighted by Gasteiger charge is -2.12. The van der Waals surface area contributed by atoms with Gasteiger partial charge in [-0.25, -0.2) is 0 Å². The molecule has 1 nitrogen and oxygen atoms in total. The number of alkyl halides is 6. The first-order valence-corrected chi connectivity index (χ1v) is 6.87. The number of ether oxygens (including phenoxy) is 1. The van der Waals surface area contributed by atoms with E-state index >= 15 is 0 Å². The van der Waals surface area contributed by atoms with E-state index in [1.165, 1.54) is 24.3 Å². The average Bonchev–Trinajstić information content (AvgIpc) is 2.39. The first-order valence-electron chi connectivity index (χ1n) is 5.79. The quantitative estimate of drug-likeness (QED) is 0.426. The molecule has 2 aromatic carbocycles. The standard InChI is InChI=1S/C14H7F6IO/c15-13(16,17)10-4-1-8(2-5-10)9-3-6-12(11(21)7-9)22-14(18,19)20/h1-7H. The van der Waals surface area contributed by atoms with Gasteiger partial charge in [0.2, 0.25) is 0 Å². The molecule has 0 bridgehead atoms. The Balaban J connectivity index is 2.29. The third kappa shape index (κ3) is 4.28. The van der Waals surface area contributed by atoms with Crippen molar-refractivity contribution in [1.29, 1.82) is 0 Å². The highest BCUT2D eigenvalue weighted by atomic mass is 127. The Labute approximate surface area is 135 Å². The number of hydrogen-bond donors (Lipinski definition) is 0. The van der Waals surface area contributed by atoms with E-state index in [4.69, 9.17) is 0 Å². The van der Waals surface area contributed by atoms with Gasteiger partial charge in [-0.05, 0) is 58.0 Å². The summed E-state index contributed by atoms with van der Waals surface area (Å²) in [5.74, 6) is -0.358. The Morgan fingerprint density at radius 2 is 1.32 bits per heavy atom. The summed E-state index contributed by atoms with van der Waals surface area (Å²) in [6.45, 7) is 0. The number of hydrogen-bond acceptors (Lipinski definition) is 1. The molecular formula is C14H7F6IO. The molecule has 0 spiro atoms. The van der Waals surface area contributed by atoms with E-state index in [1.54, 1.807) is 22.6 Å². The van der Waals surface area contributed by atoms with Crippen LogP contribution in [-0.2, 0) is 6.18 Å². The summed E-state index contributed by atoms with van der Waals surface area (Å²) in [5.41, 5.74) is 0.167. The lowest BCUT2D eigenvalue weighted by molar-refractivity contribution is -0.274. The first kappa shape index (κ1) is 16.9. The van der Waals surface area contributed by atoms with Crippen molar-refractivity contribution in [3.05, 3.63) is 51.6 Å². The molecule has 0 aliphatic carbocycles. The maximum absolute atomic E-state index is 12.5. The zero-order valence-electron chi connectivity index (χ0n) is 10.6. The molecule has 0 saturated heterocycles. The Morgan fingerprint density at radius 3 is 1.77 bits per heavy atom. The molecule has 2 rings (SSSR count). The van der Waals surface area contributed by atoms with Crippen LogP contribution >= 0.6 is 22.6 Å². The van der Waals surface area contributed by atoms with Crippen molar-refractivity contribution < 1.29 is 31.1 Å². The Hall–Kier alpha value is -1.45. The van der Waals surface area contributed by atoms with Gasteiger partial charge in [0.25, 0.3) is 0 Å². The molecule has 0 aliphatic rings. The number of rotatable bonds is 2. The SMILES string of the molecule is FC(F)(F)Oc1ccc(-c2ccc(C(F)(F)F)cc2)cc1I. The summed E-state index contributed by atoms with van der Waals surface area (Å²) in [6.07, 6.45) is -9.23. The molecule has 0 heterocycles. The summed E-state index contributed by atoms with van der Waals surface area (Å²) in [5, 5.41) is 0. The van der Waals surface area contributed by atoms with Gasteiger partial charge in [0.05, 0.1) is 9.13 Å². The predicted octanol–water partition coefficient (Wildman–Crippen LogP) is 5.88. The summed E-state index contributed by atoms with van der Waals surface area (Å²) >= 11 is 1.67. The number of benzene rings is 2. The van der Waals surface area contributed by atoms with Crippen LogP contribution in [0.5, 0.6) is 5.75 Å². The molecule has 0 unspecified atom stereocenters. The van der Waals surface area contributed by atoms with E-state index in [0.717, 1.165) is 18.2 Å². The highest BCUT2D eigenvalue weighted by Gasteiger charge is 2.32. The maximum Gasteiger partial charge on any atom is 0.573 e. The van der Waals surface area contributed by atoms with Crippen molar-refractivity contribution in [2.24, 2.45) is 0 Å². The van der Waals surface area contributed by atoms with Crippen LogP contribution in [0.15, 0.2) is 42.5 Å². The van der Waals surface area contributed by atoms with Gasteiger partial charge in [0.1, 0.15) is 5.75 Å². The third-order valence-electron chi connectivity index (χ3n) is 2.70. The van der Waals surface area contributed by atoms with E-state index in [0.29, 0.717) is 11.1 Å². The summed E-state index contributed by atoms with van der Waals surface area (Å²) in [7, 11) is 0. The van der Waals surface area contributed by atoms with Crippen molar-refractivity contribution in [2.75, 3.05) is 0 Å². The fourth-order valence-corrected chi connectivity index (χ4v) is 2.36. The largest absolute Gasteiger partial charge is 0.573 e. The van der Waals surface area contributed by atoms with E-state index in [9.17, 15) is 26.3 Å². The predicted molar refractivity (Wildman–Crippen MR) is 76.3 cm³/mol. The lowest BCUT2D eigenvalue weighted by Crippen LogP contribution is -2.17. The van der Waals surface area contributed by atoms with Gasteiger partial charge >= 0.3 is 12.5 Å². The molecule has 2 aromatic rings. The molecule has 0 aromatic heterocycles. The normalized spacial score (nSPS) is 12.3. The molecule has 0 radical (unpaired) electrons. The van der Waals surface area contributed by atoms with Crippen molar-refractivity contribution in [2.45, 2.75) is 12.5 Å². The topological polar surface area (TPSA) is 9.23 Å². The Bertz CT molecular complexity index is 661. The zero-order chi connectivity index (χ0) is 16.5. The van der Waals surface area contributed by atoms with Crippen LogP contribution in [0.1, 0.15) is 5.56 Å². The van der Waals surface area contributed by atoms with Gasteiger partial charge in [0.15, 0.2) is 0 Å².